The summed E-state index contributed by atoms with van der Waals surface area (Å²) < 4.78 is 0. The van der Waals surface area contributed by atoms with Gasteiger partial charge in [0, 0.05) is 43.8 Å². The monoisotopic (exact) mass is 279 g/mol. The molecular weight excluding hydrogens is 258 g/mol. The van der Waals surface area contributed by atoms with Crippen molar-refractivity contribution in [3.8, 4) is 0 Å². The molecule has 2 rings (SSSR count). The normalized spacial score (nSPS) is 18.5. The lowest BCUT2D eigenvalue weighted by Gasteiger charge is -2.23. The number of hydrogen-bond donors (Lipinski definition) is 1. The highest BCUT2D eigenvalue weighted by Gasteiger charge is 2.22. The van der Waals surface area contributed by atoms with Gasteiger partial charge in [-0.05, 0) is 25.1 Å². The van der Waals surface area contributed by atoms with Gasteiger partial charge in [-0.1, -0.05) is 6.07 Å². The van der Waals surface area contributed by atoms with Crippen molar-refractivity contribution in [2.75, 3.05) is 25.9 Å². The van der Waals surface area contributed by atoms with Crippen molar-refractivity contribution in [1.29, 1.82) is 0 Å². The van der Waals surface area contributed by atoms with Gasteiger partial charge in [0.2, 0.25) is 5.91 Å². The van der Waals surface area contributed by atoms with Crippen LogP contribution >= 0.6 is 11.8 Å². The van der Waals surface area contributed by atoms with Crippen LogP contribution in [0.2, 0.25) is 0 Å². The van der Waals surface area contributed by atoms with E-state index < -0.39 is 0 Å². The summed E-state index contributed by atoms with van der Waals surface area (Å²) in [6, 6.07) is 6.32. The topological polar surface area (TPSA) is 45.2 Å². The molecule has 1 aromatic rings. The van der Waals surface area contributed by atoms with Crippen LogP contribution < -0.4 is 5.32 Å². The molecule has 1 unspecified atom stereocenters. The minimum Gasteiger partial charge on any atom is -0.341 e. The Balaban J connectivity index is 1.63. The molecule has 0 saturated carbocycles. The summed E-state index contributed by atoms with van der Waals surface area (Å²) in [4.78, 5) is 18.2. The molecule has 0 radical (unpaired) electrons. The molecule has 0 bridgehead atoms. The molecule has 1 atom stereocenters. The number of hydrogen-bond acceptors (Lipinski definition) is 4. The summed E-state index contributed by atoms with van der Waals surface area (Å²) >= 11 is 1.77. The number of amides is 1. The quantitative estimate of drug-likeness (QED) is 0.802. The summed E-state index contributed by atoms with van der Waals surface area (Å²) in [7, 11) is 1.92. The molecule has 0 aromatic carbocycles. The third kappa shape index (κ3) is 4.51. The van der Waals surface area contributed by atoms with E-state index in [1.54, 1.807) is 11.8 Å². The molecule has 19 heavy (non-hydrogen) atoms. The van der Waals surface area contributed by atoms with Crippen molar-refractivity contribution < 1.29 is 4.79 Å². The third-order valence-electron chi connectivity index (χ3n) is 3.41. The van der Waals surface area contributed by atoms with E-state index >= 15 is 0 Å². The molecule has 2 heterocycles. The minimum atomic E-state index is 0.252. The van der Waals surface area contributed by atoms with Crippen LogP contribution in [0.1, 0.15) is 18.5 Å². The fraction of sp³-hybridized carbons (Fsp3) is 0.571. The van der Waals surface area contributed by atoms with Crippen molar-refractivity contribution in [2.45, 2.75) is 24.6 Å². The molecule has 1 amide bonds. The van der Waals surface area contributed by atoms with Gasteiger partial charge in [0.1, 0.15) is 0 Å². The molecule has 1 fully saturated rings. The molecule has 104 valence electrons. The summed E-state index contributed by atoms with van der Waals surface area (Å²) in [6.45, 7) is 1.96. The molecule has 1 aliphatic heterocycles. The SMILES string of the molecule is CN(C(=O)CCSCc1ccccn1)C1CCNC1. The predicted molar refractivity (Wildman–Crippen MR) is 79.1 cm³/mol. The summed E-state index contributed by atoms with van der Waals surface area (Å²) in [5, 5.41) is 3.29. The van der Waals surface area contributed by atoms with Crippen molar-refractivity contribution in [3.05, 3.63) is 30.1 Å². The van der Waals surface area contributed by atoms with Crippen LogP contribution in [0.3, 0.4) is 0 Å². The highest BCUT2D eigenvalue weighted by Crippen LogP contribution is 2.13. The second-order valence-corrected chi connectivity index (χ2v) is 5.88. The van der Waals surface area contributed by atoms with Gasteiger partial charge in [0.05, 0.1) is 5.69 Å². The van der Waals surface area contributed by atoms with Crippen LogP contribution in [0.25, 0.3) is 0 Å². The van der Waals surface area contributed by atoms with Gasteiger partial charge in [-0.15, -0.1) is 0 Å². The fourth-order valence-electron chi connectivity index (χ4n) is 2.17. The van der Waals surface area contributed by atoms with E-state index in [1.807, 2.05) is 36.3 Å². The van der Waals surface area contributed by atoms with E-state index in [9.17, 15) is 4.79 Å². The predicted octanol–water partition coefficient (Wildman–Crippen LogP) is 1.53. The number of rotatable bonds is 6. The lowest BCUT2D eigenvalue weighted by atomic mass is 10.2. The van der Waals surface area contributed by atoms with Crippen LogP contribution in [0.15, 0.2) is 24.4 Å². The van der Waals surface area contributed by atoms with Crippen molar-refractivity contribution >= 4 is 17.7 Å². The van der Waals surface area contributed by atoms with E-state index in [2.05, 4.69) is 10.3 Å². The number of thioether (sulfide) groups is 1. The number of pyridine rings is 1. The van der Waals surface area contributed by atoms with Crippen LogP contribution in [0.4, 0.5) is 0 Å². The molecule has 5 heteroatoms. The zero-order valence-electron chi connectivity index (χ0n) is 11.3. The van der Waals surface area contributed by atoms with E-state index in [4.69, 9.17) is 0 Å². The number of carbonyl (C=O) groups is 1. The first-order chi connectivity index (χ1) is 9.27. The Labute approximate surface area is 119 Å². The molecule has 1 N–H and O–H groups in total. The number of carbonyl (C=O) groups excluding carboxylic acids is 1. The maximum absolute atomic E-state index is 12.0. The van der Waals surface area contributed by atoms with Gasteiger partial charge in [-0.3, -0.25) is 9.78 Å². The Morgan fingerprint density at radius 2 is 2.47 bits per heavy atom. The fourth-order valence-corrected chi connectivity index (χ4v) is 3.01. The molecule has 1 saturated heterocycles. The average Bonchev–Trinajstić information content (AvgIpc) is 2.98. The lowest BCUT2D eigenvalue weighted by molar-refractivity contribution is -0.131. The third-order valence-corrected chi connectivity index (χ3v) is 4.40. The average molecular weight is 279 g/mol. The van der Waals surface area contributed by atoms with Crippen molar-refractivity contribution in [3.63, 3.8) is 0 Å². The first kappa shape index (κ1) is 14.3. The number of aromatic nitrogens is 1. The van der Waals surface area contributed by atoms with Gasteiger partial charge in [-0.25, -0.2) is 0 Å². The lowest BCUT2D eigenvalue weighted by Crippen LogP contribution is -2.38. The Hall–Kier alpha value is -1.07. The number of likely N-dealkylation sites (N-methyl/N-ethyl adjacent to an activating group) is 1. The summed E-state index contributed by atoms with van der Waals surface area (Å²) in [5.74, 6) is 1.99. The van der Waals surface area contributed by atoms with Crippen LogP contribution in [0, 0.1) is 0 Å². The summed E-state index contributed by atoms with van der Waals surface area (Å²) in [5.41, 5.74) is 1.08. The number of nitrogens with zero attached hydrogens (tertiary/aromatic N) is 2. The van der Waals surface area contributed by atoms with Gasteiger partial charge < -0.3 is 10.2 Å². The summed E-state index contributed by atoms with van der Waals surface area (Å²) in [6.07, 6.45) is 3.50. The van der Waals surface area contributed by atoms with Crippen LogP contribution in [0.5, 0.6) is 0 Å². The maximum atomic E-state index is 12.0. The Bertz CT molecular complexity index is 393. The van der Waals surface area contributed by atoms with Crippen molar-refractivity contribution in [2.24, 2.45) is 0 Å². The second-order valence-electron chi connectivity index (χ2n) is 4.77. The van der Waals surface area contributed by atoms with E-state index in [0.717, 1.165) is 36.7 Å². The molecule has 4 nitrogen and oxygen atoms in total. The zero-order valence-corrected chi connectivity index (χ0v) is 12.2. The molecule has 0 aliphatic carbocycles. The maximum Gasteiger partial charge on any atom is 0.223 e. The van der Waals surface area contributed by atoms with Crippen molar-refractivity contribution in [1.82, 2.24) is 15.2 Å². The first-order valence-electron chi connectivity index (χ1n) is 6.71. The van der Waals surface area contributed by atoms with Crippen LogP contribution in [-0.2, 0) is 10.5 Å². The first-order valence-corrected chi connectivity index (χ1v) is 7.87. The van der Waals surface area contributed by atoms with Gasteiger partial charge in [-0.2, -0.15) is 11.8 Å². The van der Waals surface area contributed by atoms with Crippen LogP contribution in [-0.4, -0.2) is 47.7 Å². The highest BCUT2D eigenvalue weighted by atomic mass is 32.2. The van der Waals surface area contributed by atoms with Gasteiger partial charge in [0.25, 0.3) is 0 Å². The highest BCUT2D eigenvalue weighted by molar-refractivity contribution is 7.98. The smallest absolute Gasteiger partial charge is 0.223 e. The Morgan fingerprint density at radius 3 is 3.16 bits per heavy atom. The van der Waals surface area contributed by atoms with E-state index in [0.29, 0.717) is 12.5 Å². The minimum absolute atomic E-state index is 0.252. The zero-order chi connectivity index (χ0) is 13.5. The molecule has 1 aromatic heterocycles. The standard InChI is InChI=1S/C14H21N3OS/c1-17(13-5-8-15-10-13)14(18)6-9-19-11-12-4-2-3-7-16-12/h2-4,7,13,15H,5-6,8-11H2,1H3. The second kappa shape index (κ2) is 7.50. The molecule has 0 spiro atoms. The Morgan fingerprint density at radius 1 is 1.58 bits per heavy atom. The molecule has 1 aliphatic rings. The molecular formula is C14H21N3OS. The van der Waals surface area contributed by atoms with E-state index in [1.165, 1.54) is 0 Å². The largest absolute Gasteiger partial charge is 0.341 e. The van der Waals surface area contributed by atoms with Gasteiger partial charge in [0.15, 0.2) is 0 Å². The van der Waals surface area contributed by atoms with Gasteiger partial charge >= 0.3 is 0 Å². The number of nitrogens with one attached hydrogen (secondary N) is 1. The van der Waals surface area contributed by atoms with E-state index in [-0.39, 0.29) is 5.91 Å². The Kier molecular flexibility index (Phi) is 5.66.